The minimum atomic E-state index is -1.37. The molecular formula is C29H36N6O5. The third-order valence-electron chi connectivity index (χ3n) is 8.85. The van der Waals surface area contributed by atoms with Crippen LogP contribution in [-0.2, 0) is 25.8 Å². The van der Waals surface area contributed by atoms with Gasteiger partial charge in [-0.3, -0.25) is 14.4 Å². The molecule has 212 valence electrons. The topological polar surface area (TPSA) is 121 Å². The monoisotopic (exact) mass is 548 g/mol. The maximum Gasteiger partial charge on any atom is 0.250 e. The van der Waals surface area contributed by atoms with E-state index < -0.39 is 35.1 Å². The van der Waals surface area contributed by atoms with Gasteiger partial charge in [-0.1, -0.05) is 55.5 Å². The fraction of sp³-hybridized carbons (Fsp3) is 0.552. The van der Waals surface area contributed by atoms with Crippen LogP contribution in [0.3, 0.4) is 0 Å². The molecule has 2 aromatic rings. The molecule has 0 bridgehead atoms. The zero-order chi connectivity index (χ0) is 28.4. The number of benzene rings is 1. The number of carbonyl (C=O) groups excluding carboxylic acids is 3. The normalized spacial score (nSPS) is 32.5. The van der Waals surface area contributed by atoms with Gasteiger partial charge in [-0.2, -0.15) is 0 Å². The molecule has 1 unspecified atom stereocenters. The Morgan fingerprint density at radius 3 is 2.55 bits per heavy atom. The molecule has 2 fully saturated rings. The molecule has 0 aliphatic carbocycles. The molecule has 0 radical (unpaired) electrons. The van der Waals surface area contributed by atoms with Crippen LogP contribution >= 0.6 is 0 Å². The van der Waals surface area contributed by atoms with Gasteiger partial charge in [-0.15, -0.1) is 5.10 Å². The van der Waals surface area contributed by atoms with Crippen LogP contribution < -0.4 is 0 Å². The highest BCUT2D eigenvalue weighted by molar-refractivity contribution is 6.00. The van der Waals surface area contributed by atoms with Gasteiger partial charge in [0.15, 0.2) is 0 Å². The van der Waals surface area contributed by atoms with E-state index in [1.165, 1.54) is 4.90 Å². The molecule has 11 nitrogen and oxygen atoms in total. The van der Waals surface area contributed by atoms with Crippen molar-refractivity contribution in [3.05, 3.63) is 48.6 Å². The lowest BCUT2D eigenvalue weighted by Gasteiger charge is -2.40. The van der Waals surface area contributed by atoms with E-state index in [0.29, 0.717) is 18.5 Å². The SMILES string of the molecule is CC(C)C[C@H](CO)N1C(=O)[C@@H]2[C@H]3C(=O)N(C)CC=C[C@@]3(C)O[C@@]23C=CCN(Cn2nnc4ccccc42)C(=O)C13. The lowest BCUT2D eigenvalue weighted by molar-refractivity contribution is -0.156. The minimum absolute atomic E-state index is 0.124. The van der Waals surface area contributed by atoms with Gasteiger partial charge in [-0.25, -0.2) is 4.68 Å². The number of aliphatic hydroxyl groups excluding tert-OH is 1. The number of ether oxygens (including phenoxy) is 1. The quantitative estimate of drug-likeness (QED) is 0.539. The largest absolute Gasteiger partial charge is 0.394 e. The molecule has 3 amide bonds. The van der Waals surface area contributed by atoms with Crippen molar-refractivity contribution in [2.75, 3.05) is 26.7 Å². The van der Waals surface area contributed by atoms with Crippen molar-refractivity contribution >= 4 is 28.8 Å². The van der Waals surface area contributed by atoms with Gasteiger partial charge >= 0.3 is 0 Å². The molecule has 6 atom stereocenters. The van der Waals surface area contributed by atoms with Crippen LogP contribution in [0.2, 0.25) is 0 Å². The van der Waals surface area contributed by atoms with Gasteiger partial charge in [-0.05, 0) is 31.4 Å². The van der Waals surface area contributed by atoms with E-state index >= 15 is 0 Å². The number of hydrogen-bond acceptors (Lipinski definition) is 7. The van der Waals surface area contributed by atoms with Crippen LogP contribution in [0.25, 0.3) is 11.0 Å². The van der Waals surface area contributed by atoms with Crippen molar-refractivity contribution in [3.63, 3.8) is 0 Å². The number of likely N-dealkylation sites (N-methyl/N-ethyl adjacent to an activating group) is 1. The van der Waals surface area contributed by atoms with E-state index in [-0.39, 0.29) is 43.5 Å². The van der Waals surface area contributed by atoms with Gasteiger partial charge < -0.3 is 24.5 Å². The molecule has 4 aliphatic rings. The van der Waals surface area contributed by atoms with E-state index in [1.54, 1.807) is 21.5 Å². The first-order valence-corrected chi connectivity index (χ1v) is 13.9. The summed E-state index contributed by atoms with van der Waals surface area (Å²) in [5, 5.41) is 19.0. The summed E-state index contributed by atoms with van der Waals surface area (Å²) in [6.45, 7) is 6.35. The molecule has 0 saturated carbocycles. The Hall–Kier alpha value is -3.57. The average molecular weight is 549 g/mol. The third-order valence-corrected chi connectivity index (χ3v) is 8.85. The Kier molecular flexibility index (Phi) is 6.34. The maximum atomic E-state index is 14.6. The van der Waals surface area contributed by atoms with E-state index in [9.17, 15) is 19.5 Å². The fourth-order valence-electron chi connectivity index (χ4n) is 7.15. The summed E-state index contributed by atoms with van der Waals surface area (Å²) >= 11 is 0. The number of amides is 3. The van der Waals surface area contributed by atoms with Gasteiger partial charge in [0.2, 0.25) is 11.8 Å². The molecule has 5 heterocycles. The molecule has 40 heavy (non-hydrogen) atoms. The first kappa shape index (κ1) is 26.6. The summed E-state index contributed by atoms with van der Waals surface area (Å²) in [6.07, 6.45) is 7.92. The van der Waals surface area contributed by atoms with Crippen LogP contribution in [0.15, 0.2) is 48.6 Å². The van der Waals surface area contributed by atoms with Crippen LogP contribution in [-0.4, -0.2) is 103 Å². The number of para-hydroxylation sites is 1. The Morgan fingerprint density at radius 1 is 1.05 bits per heavy atom. The van der Waals surface area contributed by atoms with E-state index in [0.717, 1.165) is 5.52 Å². The Bertz CT molecular complexity index is 1420. The summed E-state index contributed by atoms with van der Waals surface area (Å²) in [4.78, 5) is 47.5. The number of carbonyl (C=O) groups is 3. The number of aliphatic hydroxyl groups is 1. The lowest BCUT2D eigenvalue weighted by Crippen LogP contribution is -2.59. The predicted molar refractivity (Wildman–Crippen MR) is 145 cm³/mol. The second-order valence-corrected chi connectivity index (χ2v) is 12.0. The van der Waals surface area contributed by atoms with E-state index in [4.69, 9.17) is 4.74 Å². The van der Waals surface area contributed by atoms with Crippen molar-refractivity contribution in [2.45, 2.75) is 57.1 Å². The smallest absolute Gasteiger partial charge is 0.250 e. The highest BCUT2D eigenvalue weighted by Gasteiger charge is 2.75. The van der Waals surface area contributed by atoms with Gasteiger partial charge in [0, 0.05) is 20.1 Å². The summed E-state index contributed by atoms with van der Waals surface area (Å²) < 4.78 is 8.49. The van der Waals surface area contributed by atoms with Crippen molar-refractivity contribution in [1.82, 2.24) is 29.7 Å². The van der Waals surface area contributed by atoms with Crippen molar-refractivity contribution in [2.24, 2.45) is 17.8 Å². The van der Waals surface area contributed by atoms with Crippen LogP contribution in [0.4, 0.5) is 0 Å². The van der Waals surface area contributed by atoms with Gasteiger partial charge in [0.1, 0.15) is 23.8 Å². The zero-order valence-corrected chi connectivity index (χ0v) is 23.3. The summed E-state index contributed by atoms with van der Waals surface area (Å²) in [5.41, 5.74) is -0.932. The number of nitrogens with zero attached hydrogens (tertiary/aromatic N) is 6. The number of rotatable bonds is 6. The van der Waals surface area contributed by atoms with E-state index in [1.807, 2.05) is 69.3 Å². The molecule has 1 N–H and O–H groups in total. The molecule has 2 saturated heterocycles. The zero-order valence-electron chi connectivity index (χ0n) is 23.3. The van der Waals surface area contributed by atoms with Crippen molar-refractivity contribution in [1.29, 1.82) is 0 Å². The molecule has 4 aliphatic heterocycles. The van der Waals surface area contributed by atoms with Crippen molar-refractivity contribution < 1.29 is 24.2 Å². The van der Waals surface area contributed by atoms with Crippen LogP contribution in [0.1, 0.15) is 27.2 Å². The predicted octanol–water partition coefficient (Wildman–Crippen LogP) is 1.19. The van der Waals surface area contributed by atoms with Gasteiger partial charge in [0.05, 0.1) is 35.6 Å². The molecular weight excluding hydrogens is 512 g/mol. The van der Waals surface area contributed by atoms with E-state index in [2.05, 4.69) is 10.3 Å². The number of likely N-dealkylation sites (tertiary alicyclic amines) is 1. The maximum absolute atomic E-state index is 14.6. The minimum Gasteiger partial charge on any atom is -0.394 e. The summed E-state index contributed by atoms with van der Waals surface area (Å²) in [7, 11) is 1.71. The number of fused-ring (bicyclic) bond motifs is 3. The molecule has 11 heteroatoms. The Morgan fingerprint density at radius 2 is 1.80 bits per heavy atom. The number of hydrogen-bond donors (Lipinski definition) is 1. The number of aromatic nitrogens is 3. The second-order valence-electron chi connectivity index (χ2n) is 12.0. The summed E-state index contributed by atoms with van der Waals surface area (Å²) in [6, 6.07) is 5.86. The summed E-state index contributed by atoms with van der Waals surface area (Å²) in [5.74, 6) is -2.39. The second kappa shape index (κ2) is 9.52. The average Bonchev–Trinajstić information content (AvgIpc) is 3.45. The molecule has 1 aromatic carbocycles. The molecule has 6 rings (SSSR count). The van der Waals surface area contributed by atoms with Crippen LogP contribution in [0.5, 0.6) is 0 Å². The molecule has 1 aromatic heterocycles. The third kappa shape index (κ3) is 3.81. The first-order valence-electron chi connectivity index (χ1n) is 13.9. The fourth-order valence-corrected chi connectivity index (χ4v) is 7.15. The highest BCUT2D eigenvalue weighted by atomic mass is 16.5. The van der Waals surface area contributed by atoms with Crippen LogP contribution in [0, 0.1) is 17.8 Å². The lowest BCUT2D eigenvalue weighted by atomic mass is 9.74. The standard InChI is InChI=1S/C29H36N6O5/c1-18(2)15-19(16-36)35-24-27(39)33(17-34-21-10-6-5-9-20(21)30-31-34)14-8-12-29(24)23(26(35)38)22-25(37)32(4)13-7-11-28(22,3)40-29/h5-12,18-19,22-24,36H,13-17H2,1-4H3/t19-,22+,23+,24?,28-,29+/m1/s1. The first-order chi connectivity index (χ1) is 19.1. The highest BCUT2D eigenvalue weighted by Crippen LogP contribution is 2.58. The molecule has 1 spiro atoms. The Labute approximate surface area is 233 Å². The Balaban J connectivity index is 1.46. The van der Waals surface area contributed by atoms with Crippen molar-refractivity contribution in [3.8, 4) is 0 Å². The van der Waals surface area contributed by atoms with Gasteiger partial charge in [0.25, 0.3) is 5.91 Å².